The van der Waals surface area contributed by atoms with Crippen molar-refractivity contribution < 1.29 is 36.2 Å². The highest BCUT2D eigenvalue weighted by Crippen LogP contribution is 2.42. The first-order valence-electron chi connectivity index (χ1n) is 2.93. The predicted octanol–water partition coefficient (Wildman–Crippen LogP) is 1.37. The smallest absolute Gasteiger partial charge is 0.374 e. The summed E-state index contributed by atoms with van der Waals surface area (Å²) in [6.45, 7) is -0.340. The Hall–Kier alpha value is -0.465. The third-order valence-corrected chi connectivity index (χ3v) is 1.10. The molecule has 0 saturated carbocycles. The van der Waals surface area contributed by atoms with Crippen LogP contribution < -0.4 is 0 Å². The highest BCUT2D eigenvalue weighted by Gasteiger charge is 2.67. The van der Waals surface area contributed by atoms with Crippen molar-refractivity contribution in [3.05, 3.63) is 0 Å². The second kappa shape index (κ2) is 4.16. The molecular weight excluding hydrogens is 208 g/mol. The molecule has 0 aliphatic carbocycles. The van der Waals surface area contributed by atoms with E-state index < -0.39 is 18.0 Å². The number of alkyl halides is 6. The van der Waals surface area contributed by atoms with Gasteiger partial charge in [-0.2, -0.15) is 26.3 Å². The van der Waals surface area contributed by atoms with Gasteiger partial charge >= 0.3 is 12.4 Å². The molecule has 0 fully saturated rings. The lowest BCUT2D eigenvalue weighted by atomic mass is 10.1. The van der Waals surface area contributed by atoms with E-state index in [4.69, 9.17) is 6.44 Å². The summed E-state index contributed by atoms with van der Waals surface area (Å²) >= 11 is 0. The van der Waals surface area contributed by atoms with E-state index in [0.717, 1.165) is 0 Å². The summed E-state index contributed by atoms with van der Waals surface area (Å²) in [5, 5.41) is 7.94. The van der Waals surface area contributed by atoms with Crippen LogP contribution >= 0.6 is 0 Å². The van der Waals surface area contributed by atoms with Gasteiger partial charge in [0.15, 0.2) is 0 Å². The van der Waals surface area contributed by atoms with E-state index in [1.807, 2.05) is 0 Å². The fourth-order valence-corrected chi connectivity index (χ4v) is 0.161. The van der Waals surface area contributed by atoms with Crippen LogP contribution in [0.1, 0.15) is 6.92 Å². The molecule has 0 heterocycles. The lowest BCUT2D eigenvalue weighted by molar-refractivity contribution is -0.360. The standard InChI is InChI=1S/C4H4F6O.BH.FH/c1-2(11,3(5,6)7)4(8,9)10;;/h11H,1H3;2*1H/i;1T;. The van der Waals surface area contributed by atoms with Crippen LogP contribution in [0.4, 0.5) is 31.0 Å². The second-order valence-electron chi connectivity index (χ2n) is 2.07. The molecular formula is C4H6BF7O. The zero-order chi connectivity index (χ0) is 11.5. The van der Waals surface area contributed by atoms with E-state index in [2.05, 4.69) is 8.38 Å². The molecule has 0 aromatic heterocycles. The highest BCUT2D eigenvalue weighted by atomic mass is 19.4. The Kier molecular flexibility index (Phi) is 4.81. The predicted molar refractivity (Wildman–Crippen MR) is 32.4 cm³/mol. The summed E-state index contributed by atoms with van der Waals surface area (Å²) in [5.74, 6) is 0. The minimum absolute atomic E-state index is 0. The minimum atomic E-state index is -5.69. The molecule has 9 heteroatoms. The summed E-state index contributed by atoms with van der Waals surface area (Å²) in [4.78, 5) is 0. The van der Waals surface area contributed by atoms with Gasteiger partial charge in [0.1, 0.15) is 0 Å². The van der Waals surface area contributed by atoms with Crippen molar-refractivity contribution in [2.45, 2.75) is 24.9 Å². The fraction of sp³-hybridized carbons (Fsp3) is 1.00. The van der Waals surface area contributed by atoms with Gasteiger partial charge < -0.3 is 5.11 Å². The lowest BCUT2D eigenvalue weighted by Crippen LogP contribution is -2.54. The molecule has 0 atom stereocenters. The quantitative estimate of drug-likeness (QED) is 0.478. The van der Waals surface area contributed by atoms with Gasteiger partial charge in [-0.15, -0.1) is 0 Å². The van der Waals surface area contributed by atoms with E-state index in [0.29, 0.717) is 0 Å². The molecule has 13 heavy (non-hydrogen) atoms. The van der Waals surface area contributed by atoms with Crippen molar-refractivity contribution in [1.82, 2.24) is 0 Å². The van der Waals surface area contributed by atoms with Crippen LogP contribution in [0.15, 0.2) is 0 Å². The first-order valence-corrected chi connectivity index (χ1v) is 2.36. The second-order valence-corrected chi connectivity index (χ2v) is 2.07. The maximum Gasteiger partial charge on any atom is 0.425 e. The van der Waals surface area contributed by atoms with Crippen LogP contribution in [-0.4, -0.2) is 32.8 Å². The van der Waals surface area contributed by atoms with Crippen LogP contribution in [0.3, 0.4) is 0 Å². The van der Waals surface area contributed by atoms with Gasteiger partial charge in [0.2, 0.25) is 0 Å². The fourth-order valence-electron chi connectivity index (χ4n) is 0.161. The topological polar surface area (TPSA) is 20.2 Å². The molecule has 0 unspecified atom stereocenters. The molecule has 0 aliphatic heterocycles. The average molecular weight is 216 g/mol. The molecule has 80 valence electrons. The maximum absolute atomic E-state index is 11.4. The Labute approximate surface area is 72.0 Å². The zero-order valence-electron chi connectivity index (χ0n) is 7.20. The van der Waals surface area contributed by atoms with E-state index in [1.165, 1.54) is 0 Å². The SMILES string of the molecule is CC(O)(C(F)(F)F)C(F)(F)F.F.[3H][B]. The third-order valence-electron chi connectivity index (χ3n) is 1.10. The van der Waals surface area contributed by atoms with Gasteiger partial charge in [-0.3, -0.25) is 4.70 Å². The lowest BCUT2D eigenvalue weighted by Gasteiger charge is -2.28. The van der Waals surface area contributed by atoms with E-state index in [-0.39, 0.29) is 11.6 Å². The number of rotatable bonds is 0. The van der Waals surface area contributed by atoms with E-state index in [9.17, 15) is 26.3 Å². The van der Waals surface area contributed by atoms with Crippen molar-refractivity contribution >= 4 is 8.38 Å². The average Bonchev–Trinajstić information content (AvgIpc) is 1.87. The molecule has 0 aliphatic rings. The first-order chi connectivity index (χ1) is 5.50. The zero-order valence-corrected chi connectivity index (χ0v) is 6.20. The molecule has 0 saturated heterocycles. The summed E-state index contributed by atoms with van der Waals surface area (Å²) in [6.07, 6.45) is -11.4. The first kappa shape index (κ1) is 15.0. The molecule has 0 aromatic carbocycles. The van der Waals surface area contributed by atoms with Crippen molar-refractivity contribution in [2.75, 3.05) is 0 Å². The molecule has 0 rings (SSSR count). The largest absolute Gasteiger partial charge is 0.425 e. The van der Waals surface area contributed by atoms with Crippen LogP contribution in [-0.2, 0) is 0 Å². The van der Waals surface area contributed by atoms with Gasteiger partial charge in [0.05, 0.1) is 0 Å². The Morgan fingerprint density at radius 2 is 1.15 bits per heavy atom. The number of aliphatic hydroxyl groups is 1. The number of halogens is 7. The van der Waals surface area contributed by atoms with E-state index >= 15 is 0 Å². The summed E-state index contributed by atoms with van der Waals surface area (Å²) in [5.41, 5.74) is -4.62. The van der Waals surface area contributed by atoms with Gasteiger partial charge in [0, 0.05) is 8.38 Å². The molecule has 0 spiro atoms. The Morgan fingerprint density at radius 3 is 1.15 bits per heavy atom. The maximum atomic E-state index is 11.4. The monoisotopic (exact) mass is 216 g/mol. The van der Waals surface area contributed by atoms with Gasteiger partial charge in [-0.05, 0) is 8.26 Å². The van der Waals surface area contributed by atoms with Crippen LogP contribution in [0.2, 0.25) is 0 Å². The van der Waals surface area contributed by atoms with E-state index in [1.54, 1.807) is 0 Å². The van der Waals surface area contributed by atoms with Gasteiger partial charge in [0.25, 0.3) is 5.60 Å². The summed E-state index contributed by atoms with van der Waals surface area (Å²) < 4.78 is 73.4. The Bertz CT molecular complexity index is 137. The van der Waals surface area contributed by atoms with Gasteiger partial charge in [-0.1, -0.05) is 0 Å². The highest BCUT2D eigenvalue weighted by molar-refractivity contribution is 5.75. The van der Waals surface area contributed by atoms with Crippen molar-refractivity contribution in [3.8, 4) is 0 Å². The van der Waals surface area contributed by atoms with Crippen LogP contribution in [0, 0.1) is 0 Å². The number of hydrogen-bond donors (Lipinski definition) is 1. The van der Waals surface area contributed by atoms with Crippen LogP contribution in [0.25, 0.3) is 0 Å². The molecule has 0 aromatic rings. The molecule has 1 N–H and O–H groups in total. The molecule has 0 amide bonds. The third kappa shape index (κ3) is 3.41. The van der Waals surface area contributed by atoms with Gasteiger partial charge in [-0.25, -0.2) is 0 Å². The summed E-state index contributed by atoms with van der Waals surface area (Å²) in [7, 11) is 3.75. The van der Waals surface area contributed by atoms with Crippen molar-refractivity contribution in [2.24, 2.45) is 0 Å². The minimum Gasteiger partial charge on any atom is -0.374 e. The Balaban J connectivity index is -0.000000376. The summed E-state index contributed by atoms with van der Waals surface area (Å²) in [6, 6.07) is 0. The normalized spacial score (nSPS) is 13.4. The van der Waals surface area contributed by atoms with Crippen LogP contribution in [0.5, 0.6) is 0 Å². The number of hydrogen-bond acceptors (Lipinski definition) is 1. The molecule has 1 nitrogen and oxygen atoms in total. The molecule has 0 bridgehead atoms. The van der Waals surface area contributed by atoms with Crippen molar-refractivity contribution in [1.29, 1.82) is 1.34 Å². The van der Waals surface area contributed by atoms with Crippen molar-refractivity contribution in [3.63, 3.8) is 0 Å². The molecule has 2 radical (unpaired) electrons. The Morgan fingerprint density at radius 1 is 1.00 bits per heavy atom.